The summed E-state index contributed by atoms with van der Waals surface area (Å²) >= 11 is 0. The summed E-state index contributed by atoms with van der Waals surface area (Å²) in [7, 11) is 0. The smallest absolute Gasteiger partial charge is 0.192 e. The Morgan fingerprint density at radius 2 is 2.06 bits per heavy atom. The van der Waals surface area contributed by atoms with Crippen LogP contribution in [-0.2, 0) is 16.1 Å². The Morgan fingerprint density at radius 3 is 2.78 bits per heavy atom. The van der Waals surface area contributed by atoms with Gasteiger partial charge in [0.25, 0.3) is 0 Å². The second-order valence-corrected chi connectivity index (χ2v) is 5.23. The Hall–Kier alpha value is -0.900. The molecule has 0 amide bonds. The van der Waals surface area contributed by atoms with Crippen LogP contribution >= 0.6 is 0 Å². The highest BCUT2D eigenvalue weighted by Crippen LogP contribution is 2.33. The van der Waals surface area contributed by atoms with Gasteiger partial charge in [-0.25, -0.2) is 0 Å². The molecule has 1 heterocycles. The third-order valence-electron chi connectivity index (χ3n) is 3.91. The quantitative estimate of drug-likeness (QED) is 0.892. The van der Waals surface area contributed by atoms with Crippen molar-refractivity contribution in [2.45, 2.75) is 32.7 Å². The molecule has 3 heteroatoms. The molecule has 1 saturated heterocycles. The highest BCUT2D eigenvalue weighted by Gasteiger charge is 2.41. The Morgan fingerprint density at radius 1 is 1.33 bits per heavy atom. The van der Waals surface area contributed by atoms with E-state index in [0.717, 1.165) is 12.0 Å². The normalized spacial score (nSPS) is 32.4. The first-order chi connectivity index (χ1) is 8.62. The Balaban J connectivity index is 1.85. The summed E-state index contributed by atoms with van der Waals surface area (Å²) in [5.74, 6) is -0.571. The van der Waals surface area contributed by atoms with Crippen LogP contribution in [0.15, 0.2) is 30.3 Å². The Kier molecular flexibility index (Phi) is 4.38. The molecule has 0 aromatic heterocycles. The van der Waals surface area contributed by atoms with E-state index in [1.165, 1.54) is 0 Å². The van der Waals surface area contributed by atoms with Crippen LogP contribution in [0.3, 0.4) is 0 Å². The third-order valence-corrected chi connectivity index (χ3v) is 3.91. The molecular formula is C15H22O3. The number of benzene rings is 1. The summed E-state index contributed by atoms with van der Waals surface area (Å²) in [4.78, 5) is 0. The van der Waals surface area contributed by atoms with Crippen molar-refractivity contribution in [3.8, 4) is 0 Å². The van der Waals surface area contributed by atoms with E-state index in [1.807, 2.05) is 37.3 Å². The van der Waals surface area contributed by atoms with E-state index < -0.39 is 5.79 Å². The highest BCUT2D eigenvalue weighted by atomic mass is 16.6. The largest absolute Gasteiger partial charge is 0.371 e. The van der Waals surface area contributed by atoms with Crippen LogP contribution in [0.5, 0.6) is 0 Å². The zero-order valence-corrected chi connectivity index (χ0v) is 11.1. The van der Waals surface area contributed by atoms with Gasteiger partial charge < -0.3 is 14.6 Å². The molecule has 1 aliphatic heterocycles. The lowest BCUT2D eigenvalue weighted by Gasteiger charge is -2.41. The highest BCUT2D eigenvalue weighted by molar-refractivity contribution is 5.13. The first kappa shape index (κ1) is 13.5. The van der Waals surface area contributed by atoms with Crippen molar-refractivity contribution in [3.05, 3.63) is 35.9 Å². The van der Waals surface area contributed by atoms with Gasteiger partial charge in [0.05, 0.1) is 13.2 Å². The fourth-order valence-corrected chi connectivity index (χ4v) is 2.31. The molecule has 0 bridgehead atoms. The first-order valence-electron chi connectivity index (χ1n) is 6.60. The molecule has 0 saturated carbocycles. The third kappa shape index (κ3) is 3.10. The maximum absolute atomic E-state index is 10.4. The maximum atomic E-state index is 10.4. The van der Waals surface area contributed by atoms with Crippen molar-refractivity contribution in [1.29, 1.82) is 0 Å². The predicted molar refractivity (Wildman–Crippen MR) is 69.9 cm³/mol. The average Bonchev–Trinajstić information content (AvgIpc) is 2.37. The van der Waals surface area contributed by atoms with E-state index >= 15 is 0 Å². The molecule has 1 fully saturated rings. The molecule has 0 radical (unpaired) electrons. The maximum Gasteiger partial charge on any atom is 0.192 e. The number of aliphatic hydroxyl groups is 1. The molecule has 3 atom stereocenters. The minimum absolute atomic E-state index is 0.0991. The van der Waals surface area contributed by atoms with Crippen LogP contribution in [0.1, 0.15) is 25.8 Å². The van der Waals surface area contributed by atoms with Crippen LogP contribution in [0.2, 0.25) is 0 Å². The fraction of sp³-hybridized carbons (Fsp3) is 0.600. The summed E-state index contributed by atoms with van der Waals surface area (Å²) in [6.45, 7) is 5.52. The zero-order chi connectivity index (χ0) is 13.0. The van der Waals surface area contributed by atoms with Gasteiger partial charge in [-0.05, 0) is 17.9 Å². The van der Waals surface area contributed by atoms with Crippen molar-refractivity contribution in [1.82, 2.24) is 0 Å². The lowest BCUT2D eigenvalue weighted by atomic mass is 9.84. The van der Waals surface area contributed by atoms with E-state index in [2.05, 4.69) is 6.92 Å². The molecule has 1 aliphatic rings. The summed E-state index contributed by atoms with van der Waals surface area (Å²) < 4.78 is 11.1. The summed E-state index contributed by atoms with van der Waals surface area (Å²) in [6.07, 6.45) is 1.00. The van der Waals surface area contributed by atoms with Crippen molar-refractivity contribution >= 4 is 0 Å². The van der Waals surface area contributed by atoms with E-state index in [1.54, 1.807) is 0 Å². The van der Waals surface area contributed by atoms with Gasteiger partial charge in [0.2, 0.25) is 0 Å². The molecule has 1 aromatic rings. The van der Waals surface area contributed by atoms with Crippen molar-refractivity contribution in [3.63, 3.8) is 0 Å². The number of rotatable bonds is 4. The molecule has 100 valence electrons. The molecule has 2 rings (SSSR count). The van der Waals surface area contributed by atoms with Gasteiger partial charge in [-0.2, -0.15) is 0 Å². The molecule has 1 aromatic carbocycles. The molecule has 18 heavy (non-hydrogen) atoms. The van der Waals surface area contributed by atoms with Gasteiger partial charge in [0.15, 0.2) is 5.79 Å². The second kappa shape index (κ2) is 5.83. The number of hydrogen-bond donors (Lipinski definition) is 1. The van der Waals surface area contributed by atoms with Crippen LogP contribution in [-0.4, -0.2) is 24.1 Å². The lowest BCUT2D eigenvalue weighted by molar-refractivity contribution is -0.288. The molecular weight excluding hydrogens is 228 g/mol. The van der Waals surface area contributed by atoms with Crippen LogP contribution < -0.4 is 0 Å². The van der Waals surface area contributed by atoms with E-state index in [4.69, 9.17) is 9.47 Å². The summed E-state index contributed by atoms with van der Waals surface area (Å²) in [5, 5.41) is 10.4. The molecule has 3 nitrogen and oxygen atoms in total. The van der Waals surface area contributed by atoms with Gasteiger partial charge in [0, 0.05) is 5.92 Å². The van der Waals surface area contributed by atoms with Gasteiger partial charge in [-0.3, -0.25) is 0 Å². The standard InChI is InChI=1S/C15H22O3/c1-12-8-9-18-15(16,13(12)2)11-17-10-14-6-4-3-5-7-14/h3-7,12-13,16H,8-11H2,1-2H3/t12-,13-,15?/m0/s1. The van der Waals surface area contributed by atoms with Gasteiger partial charge in [0.1, 0.15) is 6.61 Å². The second-order valence-electron chi connectivity index (χ2n) is 5.23. The summed E-state index contributed by atoms with van der Waals surface area (Å²) in [6, 6.07) is 9.96. The molecule has 0 spiro atoms. The van der Waals surface area contributed by atoms with Gasteiger partial charge in [-0.15, -0.1) is 0 Å². The molecule has 1 unspecified atom stereocenters. The summed E-state index contributed by atoms with van der Waals surface area (Å²) in [5.41, 5.74) is 1.11. The fourth-order valence-electron chi connectivity index (χ4n) is 2.31. The minimum Gasteiger partial charge on any atom is -0.371 e. The Labute approximate surface area is 109 Å². The van der Waals surface area contributed by atoms with E-state index in [0.29, 0.717) is 19.1 Å². The minimum atomic E-state index is -1.13. The molecule has 0 aliphatic carbocycles. The van der Waals surface area contributed by atoms with Gasteiger partial charge >= 0.3 is 0 Å². The average molecular weight is 250 g/mol. The van der Waals surface area contributed by atoms with Gasteiger partial charge in [-0.1, -0.05) is 44.2 Å². The van der Waals surface area contributed by atoms with Crippen LogP contribution in [0, 0.1) is 11.8 Å². The SMILES string of the molecule is C[C@H]1CCOC(O)(COCc2ccccc2)[C@H]1C. The first-order valence-corrected chi connectivity index (χ1v) is 6.60. The topological polar surface area (TPSA) is 38.7 Å². The van der Waals surface area contributed by atoms with Crippen LogP contribution in [0.4, 0.5) is 0 Å². The molecule has 1 N–H and O–H groups in total. The van der Waals surface area contributed by atoms with Crippen molar-refractivity contribution < 1.29 is 14.6 Å². The van der Waals surface area contributed by atoms with E-state index in [-0.39, 0.29) is 12.5 Å². The predicted octanol–water partition coefficient (Wildman–Crippen LogP) is 2.58. The Bertz CT molecular complexity index is 365. The van der Waals surface area contributed by atoms with Crippen molar-refractivity contribution in [2.24, 2.45) is 11.8 Å². The van der Waals surface area contributed by atoms with Crippen molar-refractivity contribution in [2.75, 3.05) is 13.2 Å². The van der Waals surface area contributed by atoms with Crippen LogP contribution in [0.25, 0.3) is 0 Å². The zero-order valence-electron chi connectivity index (χ0n) is 11.1. The number of ether oxygens (including phenoxy) is 2. The number of hydrogen-bond acceptors (Lipinski definition) is 3. The van der Waals surface area contributed by atoms with E-state index in [9.17, 15) is 5.11 Å². The monoisotopic (exact) mass is 250 g/mol. The lowest BCUT2D eigenvalue weighted by Crippen LogP contribution is -2.50.